The topological polar surface area (TPSA) is 75.4 Å². The molecule has 132 valence electrons. The lowest BCUT2D eigenvalue weighted by Crippen LogP contribution is -2.47. The molecule has 0 unspecified atom stereocenters. The van der Waals surface area contributed by atoms with E-state index in [4.69, 9.17) is 0 Å². The van der Waals surface area contributed by atoms with Crippen molar-refractivity contribution >= 4 is 17.3 Å². The van der Waals surface area contributed by atoms with Gasteiger partial charge in [-0.3, -0.25) is 10.1 Å². The maximum atomic E-state index is 12.6. The Bertz CT molecular complexity index is 741. The number of aromatic nitrogens is 2. The van der Waals surface area contributed by atoms with Crippen LogP contribution >= 0.6 is 0 Å². The van der Waals surface area contributed by atoms with Gasteiger partial charge in [0.1, 0.15) is 17.8 Å². The molecule has 10 heteroatoms. The van der Waals surface area contributed by atoms with Gasteiger partial charge < -0.3 is 9.80 Å². The molecule has 7 nitrogen and oxygen atoms in total. The molecule has 3 rings (SSSR count). The van der Waals surface area contributed by atoms with E-state index >= 15 is 0 Å². The molecule has 1 aliphatic heterocycles. The number of alkyl halides is 3. The van der Waals surface area contributed by atoms with E-state index < -0.39 is 16.7 Å². The number of pyridine rings is 2. The highest BCUT2D eigenvalue weighted by atomic mass is 19.4. The van der Waals surface area contributed by atoms with Crippen LogP contribution in [0.15, 0.2) is 36.7 Å². The van der Waals surface area contributed by atoms with Crippen LogP contribution in [0.3, 0.4) is 0 Å². The van der Waals surface area contributed by atoms with Crippen molar-refractivity contribution < 1.29 is 18.1 Å². The summed E-state index contributed by atoms with van der Waals surface area (Å²) in [7, 11) is 0. The Hall–Kier alpha value is -2.91. The zero-order chi connectivity index (χ0) is 18.0. The van der Waals surface area contributed by atoms with Crippen molar-refractivity contribution in [3.8, 4) is 0 Å². The summed E-state index contributed by atoms with van der Waals surface area (Å²) in [6.07, 6.45) is -2.36. The molecule has 0 amide bonds. The molecule has 0 radical (unpaired) electrons. The number of anilines is 2. The van der Waals surface area contributed by atoms with E-state index in [1.807, 2.05) is 9.80 Å². The SMILES string of the molecule is O=[N+]([O-])c1ccc(N2CCN(c3ccc(C(F)(F)F)cn3)CC2)nc1. The molecule has 0 bridgehead atoms. The van der Waals surface area contributed by atoms with Gasteiger partial charge in [0.05, 0.1) is 10.5 Å². The first-order chi connectivity index (χ1) is 11.8. The Morgan fingerprint density at radius 3 is 1.80 bits per heavy atom. The molecule has 0 saturated carbocycles. The third-order valence-electron chi connectivity index (χ3n) is 3.95. The third kappa shape index (κ3) is 3.78. The van der Waals surface area contributed by atoms with E-state index in [1.165, 1.54) is 18.3 Å². The molecule has 1 saturated heterocycles. The lowest BCUT2D eigenvalue weighted by atomic mass is 10.2. The summed E-state index contributed by atoms with van der Waals surface area (Å²) in [5.41, 5.74) is -0.846. The molecular weight excluding hydrogens is 339 g/mol. The van der Waals surface area contributed by atoms with Crippen LogP contribution in [0.5, 0.6) is 0 Å². The molecule has 2 aromatic rings. The van der Waals surface area contributed by atoms with Crippen LogP contribution in [-0.4, -0.2) is 41.1 Å². The summed E-state index contributed by atoms with van der Waals surface area (Å²) in [5.74, 6) is 1.12. The lowest BCUT2D eigenvalue weighted by Gasteiger charge is -2.36. The van der Waals surface area contributed by atoms with E-state index in [0.717, 1.165) is 12.3 Å². The Kier molecular flexibility index (Phi) is 4.43. The van der Waals surface area contributed by atoms with Crippen molar-refractivity contribution in [2.45, 2.75) is 6.18 Å². The van der Waals surface area contributed by atoms with Gasteiger partial charge in [0.2, 0.25) is 0 Å². The van der Waals surface area contributed by atoms with Crippen molar-refractivity contribution in [3.05, 3.63) is 52.3 Å². The van der Waals surface area contributed by atoms with Crippen molar-refractivity contribution in [1.82, 2.24) is 9.97 Å². The predicted octanol–water partition coefficient (Wildman–Crippen LogP) is 2.73. The van der Waals surface area contributed by atoms with Gasteiger partial charge in [0.15, 0.2) is 0 Å². The van der Waals surface area contributed by atoms with Crippen LogP contribution in [0.1, 0.15) is 5.56 Å². The second-order valence-corrected chi connectivity index (χ2v) is 5.51. The summed E-state index contributed by atoms with van der Waals surface area (Å²) >= 11 is 0. The monoisotopic (exact) mass is 353 g/mol. The number of nitro groups is 1. The molecule has 0 aliphatic carbocycles. The van der Waals surface area contributed by atoms with Crippen molar-refractivity contribution in [2.24, 2.45) is 0 Å². The summed E-state index contributed by atoms with van der Waals surface area (Å²) in [6.45, 7) is 2.31. The Morgan fingerprint density at radius 1 is 0.920 bits per heavy atom. The first-order valence-corrected chi connectivity index (χ1v) is 7.48. The molecule has 3 heterocycles. The minimum atomic E-state index is -4.40. The molecule has 1 fully saturated rings. The van der Waals surface area contributed by atoms with Gasteiger partial charge in [-0.25, -0.2) is 9.97 Å². The fourth-order valence-electron chi connectivity index (χ4n) is 2.58. The minimum absolute atomic E-state index is 0.0728. The van der Waals surface area contributed by atoms with Crippen LogP contribution in [0.2, 0.25) is 0 Å². The quantitative estimate of drug-likeness (QED) is 0.624. The molecule has 0 aromatic carbocycles. The fourth-order valence-corrected chi connectivity index (χ4v) is 2.58. The summed E-state index contributed by atoms with van der Waals surface area (Å²) in [4.78, 5) is 22.0. The second-order valence-electron chi connectivity index (χ2n) is 5.51. The van der Waals surface area contributed by atoms with Gasteiger partial charge in [0.25, 0.3) is 5.69 Å². The largest absolute Gasteiger partial charge is 0.417 e. The molecular formula is C15H14F3N5O2. The van der Waals surface area contributed by atoms with Crippen LogP contribution in [0, 0.1) is 10.1 Å². The first kappa shape index (κ1) is 16.9. The van der Waals surface area contributed by atoms with Gasteiger partial charge in [-0.2, -0.15) is 13.2 Å². The number of rotatable bonds is 3. The number of nitrogens with zero attached hydrogens (tertiary/aromatic N) is 5. The van der Waals surface area contributed by atoms with Crippen LogP contribution < -0.4 is 9.80 Å². The van der Waals surface area contributed by atoms with Gasteiger partial charge in [-0.05, 0) is 18.2 Å². The number of hydrogen-bond donors (Lipinski definition) is 0. The maximum Gasteiger partial charge on any atom is 0.417 e. The van der Waals surface area contributed by atoms with E-state index in [2.05, 4.69) is 9.97 Å². The van der Waals surface area contributed by atoms with Crippen molar-refractivity contribution in [1.29, 1.82) is 0 Å². The highest BCUT2D eigenvalue weighted by Crippen LogP contribution is 2.29. The van der Waals surface area contributed by atoms with E-state index in [1.54, 1.807) is 6.07 Å². The van der Waals surface area contributed by atoms with Crippen molar-refractivity contribution in [2.75, 3.05) is 36.0 Å². The Morgan fingerprint density at radius 2 is 1.44 bits per heavy atom. The van der Waals surface area contributed by atoms with E-state index in [9.17, 15) is 23.3 Å². The normalized spacial score (nSPS) is 15.3. The zero-order valence-electron chi connectivity index (χ0n) is 13.0. The van der Waals surface area contributed by atoms with Crippen LogP contribution in [0.4, 0.5) is 30.5 Å². The number of piperazine rings is 1. The molecule has 1 aliphatic rings. The third-order valence-corrected chi connectivity index (χ3v) is 3.95. The average molecular weight is 353 g/mol. The predicted molar refractivity (Wildman–Crippen MR) is 84.6 cm³/mol. The summed E-state index contributed by atoms with van der Waals surface area (Å²) in [5, 5.41) is 10.6. The number of hydrogen-bond acceptors (Lipinski definition) is 6. The maximum absolute atomic E-state index is 12.6. The average Bonchev–Trinajstić information content (AvgIpc) is 2.61. The van der Waals surface area contributed by atoms with Gasteiger partial charge >= 0.3 is 6.18 Å². The summed E-state index contributed by atoms with van der Waals surface area (Å²) < 4.78 is 37.7. The standard InChI is InChI=1S/C15H14F3N5O2/c16-15(17,18)11-1-3-13(19-9-11)21-5-7-22(8-6-21)14-4-2-12(10-20-14)23(24)25/h1-4,9-10H,5-8H2. The second kappa shape index (κ2) is 6.54. The van der Waals surface area contributed by atoms with Gasteiger partial charge in [-0.15, -0.1) is 0 Å². The molecule has 2 aromatic heterocycles. The smallest absolute Gasteiger partial charge is 0.353 e. The Labute approximate surface area is 140 Å². The lowest BCUT2D eigenvalue weighted by molar-refractivity contribution is -0.385. The summed E-state index contributed by atoms with van der Waals surface area (Å²) in [6, 6.07) is 5.37. The molecule has 25 heavy (non-hydrogen) atoms. The molecule has 0 spiro atoms. The van der Waals surface area contributed by atoms with Gasteiger partial charge in [-0.1, -0.05) is 0 Å². The fraction of sp³-hybridized carbons (Fsp3) is 0.333. The van der Waals surface area contributed by atoms with Crippen LogP contribution in [0.25, 0.3) is 0 Å². The first-order valence-electron chi connectivity index (χ1n) is 7.48. The highest BCUT2D eigenvalue weighted by Gasteiger charge is 2.31. The van der Waals surface area contributed by atoms with Crippen LogP contribution in [-0.2, 0) is 6.18 Å². The highest BCUT2D eigenvalue weighted by molar-refractivity contribution is 5.47. The van der Waals surface area contributed by atoms with E-state index in [0.29, 0.717) is 37.8 Å². The number of halogens is 3. The van der Waals surface area contributed by atoms with Crippen molar-refractivity contribution in [3.63, 3.8) is 0 Å². The molecule has 0 atom stereocenters. The minimum Gasteiger partial charge on any atom is -0.353 e. The Balaban J connectivity index is 1.62. The van der Waals surface area contributed by atoms with E-state index in [-0.39, 0.29) is 5.69 Å². The zero-order valence-corrected chi connectivity index (χ0v) is 13.0. The van der Waals surface area contributed by atoms with Gasteiger partial charge in [0, 0.05) is 38.4 Å². The molecule has 0 N–H and O–H groups in total.